The first-order valence-electron chi connectivity index (χ1n) is 8.63. The van der Waals surface area contributed by atoms with Crippen LogP contribution in [-0.2, 0) is 19.1 Å². The second-order valence-corrected chi connectivity index (χ2v) is 6.84. The van der Waals surface area contributed by atoms with E-state index in [1.54, 1.807) is 13.8 Å². The molecule has 0 aromatic heterocycles. The molecule has 0 aromatic rings. The van der Waals surface area contributed by atoms with Crippen LogP contribution in [0.5, 0.6) is 0 Å². The Bertz CT molecular complexity index is 383. The van der Waals surface area contributed by atoms with E-state index in [4.69, 9.17) is 9.47 Å². The molecule has 134 valence electrons. The molecule has 1 rings (SSSR count). The molecule has 0 aromatic carbocycles. The summed E-state index contributed by atoms with van der Waals surface area (Å²) in [5.41, 5.74) is -0.825. The maximum atomic E-state index is 12.1. The van der Waals surface area contributed by atoms with Gasteiger partial charge < -0.3 is 19.9 Å². The largest absolute Gasteiger partial charge is 0.450 e. The van der Waals surface area contributed by atoms with Gasteiger partial charge in [-0.2, -0.15) is 0 Å². The van der Waals surface area contributed by atoms with Crippen LogP contribution < -0.4 is 5.32 Å². The molecule has 1 heterocycles. The zero-order valence-electron chi connectivity index (χ0n) is 14.6. The molecule has 1 aliphatic rings. The molecule has 6 nitrogen and oxygen atoms in total. The molecule has 0 saturated carbocycles. The lowest BCUT2D eigenvalue weighted by atomic mass is 9.87. The van der Waals surface area contributed by atoms with Crippen LogP contribution in [0.4, 0.5) is 0 Å². The van der Waals surface area contributed by atoms with Crippen molar-refractivity contribution in [2.24, 2.45) is 5.41 Å². The molecule has 2 N–H and O–H groups in total. The van der Waals surface area contributed by atoms with Gasteiger partial charge in [-0.25, -0.2) is 4.79 Å². The SMILES string of the molecule is CCCCCCCCOC1CNC(=O)[C@@H](C(C)(C)CO)OC1=O. The van der Waals surface area contributed by atoms with Gasteiger partial charge in [0, 0.05) is 12.0 Å². The number of hydrogen-bond donors (Lipinski definition) is 2. The lowest BCUT2D eigenvalue weighted by molar-refractivity contribution is -0.170. The quantitative estimate of drug-likeness (QED) is 0.471. The minimum absolute atomic E-state index is 0.117. The van der Waals surface area contributed by atoms with Crippen LogP contribution in [0, 0.1) is 5.41 Å². The van der Waals surface area contributed by atoms with E-state index in [0.717, 1.165) is 12.8 Å². The van der Waals surface area contributed by atoms with Crippen LogP contribution in [0.1, 0.15) is 59.3 Å². The highest BCUT2D eigenvalue weighted by Gasteiger charge is 2.42. The van der Waals surface area contributed by atoms with Crippen LogP contribution in [0.2, 0.25) is 0 Å². The van der Waals surface area contributed by atoms with Crippen molar-refractivity contribution < 1.29 is 24.2 Å². The highest BCUT2D eigenvalue weighted by atomic mass is 16.6. The number of carbonyl (C=O) groups is 2. The molecule has 0 spiro atoms. The van der Waals surface area contributed by atoms with E-state index in [9.17, 15) is 14.7 Å². The number of unbranched alkanes of at least 4 members (excludes halogenated alkanes) is 5. The zero-order chi connectivity index (χ0) is 17.3. The number of amides is 1. The van der Waals surface area contributed by atoms with Crippen LogP contribution in [0.25, 0.3) is 0 Å². The molecule has 0 aliphatic carbocycles. The Morgan fingerprint density at radius 2 is 1.87 bits per heavy atom. The molecular weight excluding hydrogens is 298 g/mol. The minimum atomic E-state index is -0.998. The lowest BCUT2D eigenvalue weighted by Crippen LogP contribution is -2.46. The van der Waals surface area contributed by atoms with Gasteiger partial charge in [0.1, 0.15) is 0 Å². The number of ether oxygens (including phenoxy) is 2. The van der Waals surface area contributed by atoms with Crippen molar-refractivity contribution in [1.82, 2.24) is 5.32 Å². The normalized spacial score (nSPS) is 22.4. The number of hydrogen-bond acceptors (Lipinski definition) is 5. The molecule has 1 saturated heterocycles. The molecular formula is C17H31NO5. The number of aliphatic hydroxyl groups excluding tert-OH is 1. The third-order valence-electron chi connectivity index (χ3n) is 4.13. The minimum Gasteiger partial charge on any atom is -0.450 e. The number of cyclic esters (lactones) is 1. The highest BCUT2D eigenvalue weighted by Crippen LogP contribution is 2.25. The summed E-state index contributed by atoms with van der Waals surface area (Å²) in [6.07, 6.45) is 5.09. The van der Waals surface area contributed by atoms with Gasteiger partial charge in [0.2, 0.25) is 0 Å². The number of aliphatic hydroxyl groups is 1. The maximum absolute atomic E-state index is 12.1. The fraction of sp³-hybridized carbons (Fsp3) is 0.882. The van der Waals surface area contributed by atoms with E-state index in [1.165, 1.54) is 25.7 Å². The van der Waals surface area contributed by atoms with Crippen LogP contribution in [0.15, 0.2) is 0 Å². The van der Waals surface area contributed by atoms with Crippen LogP contribution in [-0.4, -0.2) is 48.9 Å². The molecule has 23 heavy (non-hydrogen) atoms. The summed E-state index contributed by atoms with van der Waals surface area (Å²) in [6, 6.07) is 0. The lowest BCUT2D eigenvalue weighted by Gasteiger charge is -2.29. The Balaban J connectivity index is 2.39. The predicted molar refractivity (Wildman–Crippen MR) is 86.9 cm³/mol. The van der Waals surface area contributed by atoms with Gasteiger partial charge in [0.05, 0.1) is 13.2 Å². The molecule has 0 bridgehead atoms. The summed E-state index contributed by atoms with van der Waals surface area (Å²) in [7, 11) is 0. The Morgan fingerprint density at radius 3 is 2.52 bits per heavy atom. The Hall–Kier alpha value is -1.14. The first-order chi connectivity index (χ1) is 10.9. The van der Waals surface area contributed by atoms with E-state index in [1.807, 2.05) is 0 Å². The summed E-state index contributed by atoms with van der Waals surface area (Å²) in [4.78, 5) is 24.1. The number of carbonyl (C=O) groups excluding carboxylic acids is 2. The van der Waals surface area contributed by atoms with Gasteiger partial charge in [-0.15, -0.1) is 0 Å². The van der Waals surface area contributed by atoms with E-state index < -0.39 is 23.6 Å². The first-order valence-corrected chi connectivity index (χ1v) is 8.63. The number of esters is 1. The maximum Gasteiger partial charge on any atom is 0.337 e. The van der Waals surface area contributed by atoms with Crippen LogP contribution >= 0.6 is 0 Å². The second kappa shape index (κ2) is 9.88. The summed E-state index contributed by atoms with van der Waals surface area (Å²) in [5.74, 6) is -0.927. The average Bonchev–Trinajstić information content (AvgIpc) is 2.67. The molecule has 2 atom stereocenters. The van der Waals surface area contributed by atoms with E-state index >= 15 is 0 Å². The van der Waals surface area contributed by atoms with Crippen molar-refractivity contribution in [3.63, 3.8) is 0 Å². The van der Waals surface area contributed by atoms with Gasteiger partial charge >= 0.3 is 5.97 Å². The summed E-state index contributed by atoms with van der Waals surface area (Å²) in [6.45, 7) is 5.90. The summed E-state index contributed by atoms with van der Waals surface area (Å²) >= 11 is 0. The highest BCUT2D eigenvalue weighted by molar-refractivity contribution is 5.88. The van der Waals surface area contributed by atoms with Crippen molar-refractivity contribution in [1.29, 1.82) is 0 Å². The van der Waals surface area contributed by atoms with Gasteiger partial charge in [0.25, 0.3) is 5.91 Å². The van der Waals surface area contributed by atoms with Gasteiger partial charge in [-0.1, -0.05) is 52.9 Å². The third kappa shape index (κ3) is 6.47. The van der Waals surface area contributed by atoms with Crippen molar-refractivity contribution in [3.8, 4) is 0 Å². The topological polar surface area (TPSA) is 84.9 Å². The number of rotatable bonds is 10. The molecule has 1 amide bonds. The fourth-order valence-corrected chi connectivity index (χ4v) is 2.45. The fourth-order valence-electron chi connectivity index (χ4n) is 2.45. The molecule has 6 heteroatoms. The Labute approximate surface area is 138 Å². The second-order valence-electron chi connectivity index (χ2n) is 6.84. The van der Waals surface area contributed by atoms with Crippen LogP contribution in [0.3, 0.4) is 0 Å². The monoisotopic (exact) mass is 329 g/mol. The Kier molecular flexibility index (Phi) is 8.55. The summed E-state index contributed by atoms with van der Waals surface area (Å²) in [5, 5.41) is 12.0. The smallest absolute Gasteiger partial charge is 0.337 e. The zero-order valence-corrected chi connectivity index (χ0v) is 14.6. The third-order valence-corrected chi connectivity index (χ3v) is 4.13. The van der Waals surface area contributed by atoms with Gasteiger partial charge in [-0.05, 0) is 6.42 Å². The standard InChI is InChI=1S/C17H31NO5/c1-4-5-6-7-8-9-10-22-13-11-18-15(20)14(23-16(13)21)17(2,3)12-19/h13-14,19H,4-12H2,1-3H3,(H,18,20)/t13?,14-/m0/s1. The van der Waals surface area contributed by atoms with E-state index in [2.05, 4.69) is 12.2 Å². The molecule has 0 radical (unpaired) electrons. The van der Waals surface area contributed by atoms with E-state index in [-0.39, 0.29) is 19.1 Å². The van der Waals surface area contributed by atoms with Crippen molar-refractivity contribution in [2.75, 3.05) is 19.8 Å². The number of nitrogens with one attached hydrogen (secondary N) is 1. The van der Waals surface area contributed by atoms with Crippen molar-refractivity contribution in [2.45, 2.75) is 71.5 Å². The Morgan fingerprint density at radius 1 is 1.22 bits per heavy atom. The van der Waals surface area contributed by atoms with E-state index in [0.29, 0.717) is 6.61 Å². The first kappa shape index (κ1) is 19.9. The van der Waals surface area contributed by atoms with Crippen molar-refractivity contribution in [3.05, 3.63) is 0 Å². The van der Waals surface area contributed by atoms with Crippen molar-refractivity contribution >= 4 is 11.9 Å². The molecule has 1 unspecified atom stereocenters. The summed E-state index contributed by atoms with van der Waals surface area (Å²) < 4.78 is 10.8. The van der Waals surface area contributed by atoms with Gasteiger partial charge in [-0.3, -0.25) is 4.79 Å². The van der Waals surface area contributed by atoms with Gasteiger partial charge in [0.15, 0.2) is 12.2 Å². The molecule has 1 aliphatic heterocycles. The average molecular weight is 329 g/mol. The molecule has 1 fully saturated rings. The predicted octanol–water partition coefficient (Wildman–Crippen LogP) is 1.79.